The molecule has 4 heterocycles. The SMILES string of the molecule is Cc1ccccc1NC(=O)N1CCC(c2ccn3ncc(C(=O)N4CCOCC4)c3c2)CC1. The first-order valence-corrected chi connectivity index (χ1v) is 11.6. The van der Waals surface area contributed by atoms with Gasteiger partial charge in [0.25, 0.3) is 5.91 Å². The number of fused-ring (bicyclic) bond motifs is 1. The first kappa shape index (κ1) is 21.5. The Balaban J connectivity index is 1.26. The van der Waals surface area contributed by atoms with E-state index >= 15 is 0 Å². The summed E-state index contributed by atoms with van der Waals surface area (Å²) in [5, 5.41) is 7.41. The zero-order chi connectivity index (χ0) is 22.8. The number of likely N-dealkylation sites (tertiary alicyclic amines) is 1. The molecule has 2 fully saturated rings. The Labute approximate surface area is 193 Å². The van der Waals surface area contributed by atoms with E-state index in [1.165, 1.54) is 5.56 Å². The van der Waals surface area contributed by atoms with E-state index in [0.29, 0.717) is 50.9 Å². The quantitative estimate of drug-likeness (QED) is 0.666. The largest absolute Gasteiger partial charge is 0.378 e. The molecule has 3 aromatic rings. The summed E-state index contributed by atoms with van der Waals surface area (Å²) in [4.78, 5) is 29.5. The molecular formula is C25H29N5O3. The highest BCUT2D eigenvalue weighted by Crippen LogP contribution is 2.30. The zero-order valence-electron chi connectivity index (χ0n) is 18.9. The topological polar surface area (TPSA) is 79.2 Å². The zero-order valence-corrected chi connectivity index (χ0v) is 18.9. The number of aromatic nitrogens is 2. The number of morpholine rings is 1. The van der Waals surface area contributed by atoms with Gasteiger partial charge in [-0.25, -0.2) is 9.31 Å². The first-order valence-electron chi connectivity index (χ1n) is 11.6. The minimum Gasteiger partial charge on any atom is -0.378 e. The van der Waals surface area contributed by atoms with Crippen LogP contribution in [0.15, 0.2) is 48.8 Å². The van der Waals surface area contributed by atoms with E-state index < -0.39 is 0 Å². The molecule has 0 bridgehead atoms. The summed E-state index contributed by atoms with van der Waals surface area (Å²) in [5.41, 5.74) is 4.57. The Morgan fingerprint density at radius 1 is 1.03 bits per heavy atom. The van der Waals surface area contributed by atoms with Gasteiger partial charge in [0.05, 0.1) is 30.5 Å². The van der Waals surface area contributed by atoms with Gasteiger partial charge in [0.2, 0.25) is 0 Å². The Hall–Kier alpha value is -3.39. The van der Waals surface area contributed by atoms with Crippen molar-refractivity contribution in [2.75, 3.05) is 44.7 Å². The highest BCUT2D eigenvalue weighted by Gasteiger charge is 2.26. The molecule has 0 aliphatic carbocycles. The van der Waals surface area contributed by atoms with Crippen molar-refractivity contribution in [2.45, 2.75) is 25.7 Å². The number of carbonyl (C=O) groups excluding carboxylic acids is 2. The van der Waals surface area contributed by atoms with Crippen molar-refractivity contribution in [3.8, 4) is 0 Å². The molecule has 2 aliphatic heterocycles. The van der Waals surface area contributed by atoms with Gasteiger partial charge in [0, 0.05) is 38.1 Å². The van der Waals surface area contributed by atoms with Gasteiger partial charge in [-0.3, -0.25) is 4.79 Å². The normalized spacial score (nSPS) is 17.4. The number of pyridine rings is 1. The lowest BCUT2D eigenvalue weighted by molar-refractivity contribution is 0.0304. The summed E-state index contributed by atoms with van der Waals surface area (Å²) in [6.45, 7) is 5.77. The van der Waals surface area contributed by atoms with Gasteiger partial charge in [-0.15, -0.1) is 0 Å². The van der Waals surface area contributed by atoms with Gasteiger partial charge in [0.15, 0.2) is 0 Å². The van der Waals surface area contributed by atoms with E-state index in [-0.39, 0.29) is 11.9 Å². The predicted octanol–water partition coefficient (Wildman–Crippen LogP) is 3.53. The summed E-state index contributed by atoms with van der Waals surface area (Å²) >= 11 is 0. The number of aryl methyl sites for hydroxylation is 1. The summed E-state index contributed by atoms with van der Waals surface area (Å²) in [7, 11) is 0. The third kappa shape index (κ3) is 4.43. The lowest BCUT2D eigenvalue weighted by Crippen LogP contribution is -2.40. The van der Waals surface area contributed by atoms with Crippen molar-refractivity contribution in [3.63, 3.8) is 0 Å². The van der Waals surface area contributed by atoms with Crippen LogP contribution in [0.5, 0.6) is 0 Å². The molecule has 5 rings (SSSR count). The molecular weight excluding hydrogens is 418 g/mol. The lowest BCUT2D eigenvalue weighted by atomic mass is 9.89. The highest BCUT2D eigenvalue weighted by molar-refractivity contribution is 6.00. The van der Waals surface area contributed by atoms with Gasteiger partial charge >= 0.3 is 6.03 Å². The maximum atomic E-state index is 13.0. The number of carbonyl (C=O) groups is 2. The number of amides is 3. The van der Waals surface area contributed by atoms with Crippen LogP contribution >= 0.6 is 0 Å². The monoisotopic (exact) mass is 447 g/mol. The third-order valence-electron chi connectivity index (χ3n) is 6.71. The van der Waals surface area contributed by atoms with Gasteiger partial charge in [-0.05, 0) is 55.0 Å². The van der Waals surface area contributed by atoms with Crippen LogP contribution in [0.4, 0.5) is 10.5 Å². The van der Waals surface area contributed by atoms with Gasteiger partial charge in [-0.1, -0.05) is 18.2 Å². The maximum Gasteiger partial charge on any atom is 0.321 e. The Bertz CT molecular complexity index is 1160. The second-order valence-corrected chi connectivity index (χ2v) is 8.76. The molecule has 33 heavy (non-hydrogen) atoms. The average Bonchev–Trinajstić information content (AvgIpc) is 3.29. The van der Waals surface area contributed by atoms with E-state index in [1.807, 2.05) is 47.2 Å². The van der Waals surface area contributed by atoms with E-state index in [2.05, 4.69) is 22.5 Å². The molecule has 8 heteroatoms. The molecule has 3 amide bonds. The number of nitrogens with zero attached hydrogens (tertiary/aromatic N) is 4. The molecule has 0 radical (unpaired) electrons. The van der Waals surface area contributed by atoms with Gasteiger partial charge in [0.1, 0.15) is 0 Å². The number of hydrogen-bond acceptors (Lipinski definition) is 4. The van der Waals surface area contributed by atoms with Crippen molar-refractivity contribution < 1.29 is 14.3 Å². The van der Waals surface area contributed by atoms with Crippen LogP contribution in [-0.4, -0.2) is 70.7 Å². The second-order valence-electron chi connectivity index (χ2n) is 8.76. The number of anilines is 1. The number of urea groups is 1. The Kier molecular flexibility index (Phi) is 6.00. The average molecular weight is 448 g/mol. The summed E-state index contributed by atoms with van der Waals surface area (Å²) in [5.74, 6) is 0.354. The van der Waals surface area contributed by atoms with Crippen LogP contribution < -0.4 is 5.32 Å². The number of hydrogen-bond donors (Lipinski definition) is 1. The fourth-order valence-electron chi connectivity index (χ4n) is 4.68. The minimum absolute atomic E-state index is 0.00754. The molecule has 8 nitrogen and oxygen atoms in total. The summed E-state index contributed by atoms with van der Waals surface area (Å²) < 4.78 is 7.14. The molecule has 2 saturated heterocycles. The maximum absolute atomic E-state index is 13.0. The molecule has 0 atom stereocenters. The van der Waals surface area contributed by atoms with E-state index in [9.17, 15) is 9.59 Å². The van der Waals surface area contributed by atoms with Gasteiger partial charge < -0.3 is 19.9 Å². The number of ether oxygens (including phenoxy) is 1. The number of rotatable bonds is 3. The van der Waals surface area contributed by atoms with Crippen molar-refractivity contribution in [1.29, 1.82) is 0 Å². The smallest absolute Gasteiger partial charge is 0.321 e. The van der Waals surface area contributed by atoms with Crippen LogP contribution in [0.3, 0.4) is 0 Å². The van der Waals surface area contributed by atoms with Crippen LogP contribution in [-0.2, 0) is 4.74 Å². The molecule has 1 N–H and O–H groups in total. The van der Waals surface area contributed by atoms with Crippen molar-refractivity contribution in [2.24, 2.45) is 0 Å². The van der Waals surface area contributed by atoms with E-state index in [1.54, 1.807) is 10.7 Å². The highest BCUT2D eigenvalue weighted by atomic mass is 16.5. The number of benzene rings is 1. The fourth-order valence-corrected chi connectivity index (χ4v) is 4.68. The summed E-state index contributed by atoms with van der Waals surface area (Å²) in [6, 6.07) is 11.9. The Morgan fingerprint density at radius 3 is 2.55 bits per heavy atom. The van der Waals surface area contributed by atoms with E-state index in [4.69, 9.17) is 4.74 Å². The molecule has 0 spiro atoms. The first-order chi connectivity index (χ1) is 16.1. The standard InChI is InChI=1S/C25H29N5O3/c1-18-4-2-3-5-22(18)27-25(32)29-9-6-19(7-10-29)20-8-11-30-23(16-20)21(17-26-30)24(31)28-12-14-33-15-13-28/h2-5,8,11,16-17,19H,6-7,9-10,12-15H2,1H3,(H,27,32). The molecule has 2 aromatic heterocycles. The predicted molar refractivity (Wildman–Crippen MR) is 126 cm³/mol. The van der Waals surface area contributed by atoms with Gasteiger partial charge in [-0.2, -0.15) is 5.10 Å². The molecule has 0 unspecified atom stereocenters. The van der Waals surface area contributed by atoms with Crippen LogP contribution in [0.1, 0.15) is 40.2 Å². The minimum atomic E-state index is -0.0487. The van der Waals surface area contributed by atoms with Crippen molar-refractivity contribution in [3.05, 3.63) is 65.5 Å². The van der Waals surface area contributed by atoms with Crippen LogP contribution in [0.25, 0.3) is 5.52 Å². The molecule has 172 valence electrons. The third-order valence-corrected chi connectivity index (χ3v) is 6.71. The number of nitrogens with one attached hydrogen (secondary N) is 1. The van der Waals surface area contributed by atoms with Crippen molar-refractivity contribution in [1.82, 2.24) is 19.4 Å². The molecule has 2 aliphatic rings. The lowest BCUT2D eigenvalue weighted by Gasteiger charge is -2.32. The van der Waals surface area contributed by atoms with Crippen LogP contribution in [0.2, 0.25) is 0 Å². The number of piperidine rings is 1. The Morgan fingerprint density at radius 2 is 1.79 bits per heavy atom. The van der Waals surface area contributed by atoms with E-state index in [0.717, 1.165) is 29.6 Å². The molecule has 0 saturated carbocycles. The van der Waals surface area contributed by atoms with Crippen molar-refractivity contribution >= 4 is 23.1 Å². The van der Waals surface area contributed by atoms with Crippen LogP contribution in [0, 0.1) is 6.92 Å². The fraction of sp³-hybridized carbons (Fsp3) is 0.400. The second kappa shape index (κ2) is 9.23. The molecule has 1 aromatic carbocycles. The number of para-hydroxylation sites is 1. The summed E-state index contributed by atoms with van der Waals surface area (Å²) in [6.07, 6.45) is 5.37.